The van der Waals surface area contributed by atoms with Crippen LogP contribution < -0.4 is 16.0 Å². The molecule has 1 aromatic heterocycles. The maximum atomic E-state index is 12.4. The second-order valence-corrected chi connectivity index (χ2v) is 8.09. The van der Waals surface area contributed by atoms with Crippen molar-refractivity contribution in [2.45, 2.75) is 25.3 Å². The smallest absolute Gasteiger partial charge is 0.291 e. The topological polar surface area (TPSA) is 100 Å². The summed E-state index contributed by atoms with van der Waals surface area (Å²) in [6.45, 7) is 0. The molecule has 0 spiro atoms. The van der Waals surface area contributed by atoms with Crippen molar-refractivity contribution in [1.29, 1.82) is 0 Å². The van der Waals surface area contributed by atoms with Crippen LogP contribution in [0.15, 0.2) is 69.8 Å². The number of hydrogen-bond donors (Lipinski definition) is 3. The molecule has 31 heavy (non-hydrogen) atoms. The normalized spacial score (nSPS) is 12.8. The summed E-state index contributed by atoms with van der Waals surface area (Å²) in [7, 11) is 0. The summed E-state index contributed by atoms with van der Waals surface area (Å²) < 4.78 is 5.70. The molecule has 0 aliphatic heterocycles. The predicted molar refractivity (Wildman–Crippen MR) is 120 cm³/mol. The van der Waals surface area contributed by atoms with Crippen LogP contribution in [0.3, 0.4) is 0 Å². The number of hydrogen-bond acceptors (Lipinski definition) is 4. The first-order valence-electron chi connectivity index (χ1n) is 9.83. The van der Waals surface area contributed by atoms with Crippen molar-refractivity contribution in [3.63, 3.8) is 0 Å². The quantitative estimate of drug-likeness (QED) is 0.466. The number of anilines is 2. The fourth-order valence-electron chi connectivity index (χ4n) is 2.96. The van der Waals surface area contributed by atoms with E-state index in [0.29, 0.717) is 21.6 Å². The van der Waals surface area contributed by atoms with Gasteiger partial charge in [-0.1, -0.05) is 18.2 Å². The molecule has 8 heteroatoms. The van der Waals surface area contributed by atoms with E-state index < -0.39 is 0 Å². The van der Waals surface area contributed by atoms with Crippen LogP contribution in [-0.2, 0) is 11.2 Å². The molecule has 1 aliphatic carbocycles. The largest absolute Gasteiger partial charge is 0.444 e. The minimum atomic E-state index is -0.359. The van der Waals surface area contributed by atoms with E-state index in [1.807, 2.05) is 0 Å². The van der Waals surface area contributed by atoms with E-state index in [-0.39, 0.29) is 35.9 Å². The van der Waals surface area contributed by atoms with Crippen molar-refractivity contribution in [2.75, 3.05) is 10.6 Å². The molecule has 7 nitrogen and oxygen atoms in total. The molecule has 0 unspecified atom stereocenters. The Labute approximate surface area is 187 Å². The molecule has 3 amide bonds. The molecule has 0 saturated heterocycles. The van der Waals surface area contributed by atoms with Crippen LogP contribution in [0.1, 0.15) is 39.3 Å². The van der Waals surface area contributed by atoms with Gasteiger partial charge >= 0.3 is 0 Å². The molecule has 158 valence electrons. The Morgan fingerprint density at radius 2 is 1.68 bits per heavy atom. The number of nitrogens with one attached hydrogen (secondary N) is 3. The lowest BCUT2D eigenvalue weighted by Gasteiger charge is -2.09. The van der Waals surface area contributed by atoms with Gasteiger partial charge in [-0.15, -0.1) is 0 Å². The van der Waals surface area contributed by atoms with E-state index in [2.05, 4.69) is 31.9 Å². The van der Waals surface area contributed by atoms with Crippen LogP contribution in [0.25, 0.3) is 0 Å². The summed E-state index contributed by atoms with van der Waals surface area (Å²) >= 11 is 3.16. The number of carbonyl (C=O) groups is 3. The van der Waals surface area contributed by atoms with Gasteiger partial charge in [-0.3, -0.25) is 14.4 Å². The van der Waals surface area contributed by atoms with Gasteiger partial charge in [-0.2, -0.15) is 0 Å². The Bertz CT molecular complexity index is 1120. The summed E-state index contributed by atoms with van der Waals surface area (Å²) in [5.41, 5.74) is 2.48. The summed E-state index contributed by atoms with van der Waals surface area (Å²) in [6.07, 6.45) is 2.20. The van der Waals surface area contributed by atoms with E-state index in [0.717, 1.165) is 18.4 Å². The molecule has 1 fully saturated rings. The third-order valence-electron chi connectivity index (χ3n) is 4.69. The van der Waals surface area contributed by atoms with E-state index in [4.69, 9.17) is 4.42 Å². The zero-order chi connectivity index (χ0) is 21.8. The molecule has 1 saturated carbocycles. The van der Waals surface area contributed by atoms with Gasteiger partial charge in [0, 0.05) is 23.0 Å². The SMILES string of the molecule is O=C(Cc1ccc(NC(=O)c2ccc(Br)o2)cc1)Nc1cccc(C(=O)NC2CC2)c1. The monoisotopic (exact) mass is 481 g/mol. The van der Waals surface area contributed by atoms with Crippen molar-refractivity contribution >= 4 is 45.0 Å². The summed E-state index contributed by atoms with van der Waals surface area (Å²) in [5, 5.41) is 8.49. The van der Waals surface area contributed by atoms with Gasteiger partial charge in [0.15, 0.2) is 10.4 Å². The molecule has 3 N–H and O–H groups in total. The van der Waals surface area contributed by atoms with Crippen LogP contribution >= 0.6 is 15.9 Å². The molecular formula is C23H20BrN3O4. The summed E-state index contributed by atoms with van der Waals surface area (Å²) in [6, 6.07) is 17.4. The zero-order valence-electron chi connectivity index (χ0n) is 16.5. The molecule has 2 aromatic carbocycles. The van der Waals surface area contributed by atoms with Gasteiger partial charge < -0.3 is 20.4 Å². The fourth-order valence-corrected chi connectivity index (χ4v) is 3.27. The fraction of sp³-hybridized carbons (Fsp3) is 0.174. The van der Waals surface area contributed by atoms with Crippen molar-refractivity contribution in [3.05, 3.63) is 82.2 Å². The molecule has 1 heterocycles. The third-order valence-corrected chi connectivity index (χ3v) is 5.12. The molecular weight excluding hydrogens is 462 g/mol. The number of furan rings is 1. The van der Waals surface area contributed by atoms with Crippen LogP contribution in [0.5, 0.6) is 0 Å². The molecule has 1 aliphatic rings. The van der Waals surface area contributed by atoms with Crippen LogP contribution in [0, 0.1) is 0 Å². The van der Waals surface area contributed by atoms with Crippen molar-refractivity contribution < 1.29 is 18.8 Å². The Hall–Kier alpha value is -3.39. The molecule has 4 rings (SSSR count). The van der Waals surface area contributed by atoms with Gasteiger partial charge in [0.1, 0.15) is 0 Å². The lowest BCUT2D eigenvalue weighted by atomic mass is 10.1. The van der Waals surface area contributed by atoms with E-state index in [1.54, 1.807) is 60.7 Å². The van der Waals surface area contributed by atoms with E-state index in [9.17, 15) is 14.4 Å². The second-order valence-electron chi connectivity index (χ2n) is 7.31. The van der Waals surface area contributed by atoms with E-state index in [1.165, 1.54) is 0 Å². The minimum Gasteiger partial charge on any atom is -0.444 e. The van der Waals surface area contributed by atoms with Crippen molar-refractivity contribution in [1.82, 2.24) is 5.32 Å². The first-order valence-corrected chi connectivity index (χ1v) is 10.6. The first kappa shape index (κ1) is 20.9. The van der Waals surface area contributed by atoms with Gasteiger partial charge in [0.2, 0.25) is 5.91 Å². The van der Waals surface area contributed by atoms with Gasteiger partial charge in [-0.25, -0.2) is 0 Å². The first-order chi connectivity index (χ1) is 15.0. The highest BCUT2D eigenvalue weighted by molar-refractivity contribution is 9.10. The highest BCUT2D eigenvalue weighted by atomic mass is 79.9. The average molecular weight is 482 g/mol. The lowest BCUT2D eigenvalue weighted by molar-refractivity contribution is -0.115. The standard InChI is InChI=1S/C23H20BrN3O4/c24-20-11-10-19(31-20)23(30)27-16-6-4-14(5-7-16)12-21(28)25-18-3-1-2-15(13-18)22(29)26-17-8-9-17/h1-7,10-11,13,17H,8-9,12H2,(H,25,28)(H,26,29)(H,27,30). The Kier molecular flexibility index (Phi) is 6.18. The summed E-state index contributed by atoms with van der Waals surface area (Å²) in [4.78, 5) is 36.7. The van der Waals surface area contributed by atoms with Gasteiger partial charge in [0.25, 0.3) is 11.8 Å². The minimum absolute atomic E-state index is 0.127. The average Bonchev–Trinajstić information content (AvgIpc) is 3.46. The van der Waals surface area contributed by atoms with Gasteiger partial charge in [-0.05, 0) is 76.8 Å². The van der Waals surface area contributed by atoms with Crippen molar-refractivity contribution in [2.24, 2.45) is 0 Å². The lowest BCUT2D eigenvalue weighted by Crippen LogP contribution is -2.25. The highest BCUT2D eigenvalue weighted by Gasteiger charge is 2.23. The Morgan fingerprint density at radius 3 is 2.35 bits per heavy atom. The number of amides is 3. The van der Waals surface area contributed by atoms with Crippen LogP contribution in [0.4, 0.5) is 11.4 Å². The third kappa shape index (κ3) is 5.82. The van der Waals surface area contributed by atoms with Crippen LogP contribution in [-0.4, -0.2) is 23.8 Å². The van der Waals surface area contributed by atoms with Crippen LogP contribution in [0.2, 0.25) is 0 Å². The zero-order valence-corrected chi connectivity index (χ0v) is 18.1. The van der Waals surface area contributed by atoms with Gasteiger partial charge in [0.05, 0.1) is 6.42 Å². The maximum Gasteiger partial charge on any atom is 0.291 e. The number of benzene rings is 2. The second kappa shape index (κ2) is 9.18. The summed E-state index contributed by atoms with van der Waals surface area (Å²) in [5.74, 6) is -0.486. The highest BCUT2D eigenvalue weighted by Crippen LogP contribution is 2.20. The van der Waals surface area contributed by atoms with E-state index >= 15 is 0 Å². The molecule has 0 atom stereocenters. The molecule has 0 radical (unpaired) electrons. The Morgan fingerprint density at radius 1 is 0.903 bits per heavy atom. The molecule has 0 bridgehead atoms. The Balaban J connectivity index is 1.31. The number of halogens is 1. The number of rotatable bonds is 7. The van der Waals surface area contributed by atoms with Crippen molar-refractivity contribution in [3.8, 4) is 0 Å². The molecule has 3 aromatic rings. The number of carbonyl (C=O) groups excluding carboxylic acids is 3. The predicted octanol–water partition coefficient (Wildman–Crippen LogP) is 4.37. The maximum absolute atomic E-state index is 12.4.